The number of hydrogen-bond donors (Lipinski definition) is 3. The third kappa shape index (κ3) is 8.82. The van der Waals surface area contributed by atoms with Crippen molar-refractivity contribution in [2.45, 2.75) is 39.2 Å². The van der Waals surface area contributed by atoms with Gasteiger partial charge in [-0.25, -0.2) is 4.98 Å². The number of rotatable bonds is 13. The van der Waals surface area contributed by atoms with E-state index in [1.54, 1.807) is 23.7 Å². The Morgan fingerprint density at radius 2 is 1.91 bits per heavy atom. The highest BCUT2D eigenvalue weighted by atomic mass is 32.1. The number of phenolic OH excluding ortho intramolecular Hbond substituents is 1. The zero-order valence-electron chi connectivity index (χ0n) is 19.2. The van der Waals surface area contributed by atoms with Gasteiger partial charge in [-0.1, -0.05) is 26.0 Å². The predicted molar refractivity (Wildman–Crippen MR) is 127 cm³/mol. The molecule has 1 aromatic carbocycles. The number of aromatic hydroxyl groups is 1. The molecule has 2 rings (SSSR count). The fourth-order valence-electron chi connectivity index (χ4n) is 3.13. The molecule has 0 aliphatic carbocycles. The zero-order valence-corrected chi connectivity index (χ0v) is 20.1. The number of methoxy groups -OCH3 is 1. The molecule has 0 spiro atoms. The van der Waals surface area contributed by atoms with Crippen LogP contribution in [0.25, 0.3) is 0 Å². The molecule has 1 atom stereocenters. The smallest absolute Gasteiger partial charge is 0.247 e. The number of ether oxygens (including phenoxy) is 1. The van der Waals surface area contributed by atoms with E-state index >= 15 is 0 Å². The van der Waals surface area contributed by atoms with Crippen molar-refractivity contribution in [3.8, 4) is 5.75 Å². The topological polar surface area (TPSA) is 121 Å². The molecule has 2 aromatic rings. The summed E-state index contributed by atoms with van der Waals surface area (Å²) in [7, 11) is 1.52. The lowest BCUT2D eigenvalue weighted by atomic mass is 10.0. The van der Waals surface area contributed by atoms with Crippen molar-refractivity contribution in [1.82, 2.24) is 15.2 Å². The van der Waals surface area contributed by atoms with Gasteiger partial charge in [0, 0.05) is 44.6 Å². The summed E-state index contributed by atoms with van der Waals surface area (Å²) in [5.41, 5.74) is 0.562. The van der Waals surface area contributed by atoms with Gasteiger partial charge in [-0.3, -0.25) is 14.4 Å². The van der Waals surface area contributed by atoms with Crippen molar-refractivity contribution in [1.29, 1.82) is 0 Å². The van der Waals surface area contributed by atoms with Crippen LogP contribution in [-0.4, -0.2) is 59.5 Å². The molecule has 1 unspecified atom stereocenters. The van der Waals surface area contributed by atoms with Crippen LogP contribution in [-0.2, 0) is 19.1 Å². The Morgan fingerprint density at radius 3 is 2.52 bits per heavy atom. The van der Waals surface area contributed by atoms with Crippen molar-refractivity contribution >= 4 is 34.2 Å². The van der Waals surface area contributed by atoms with Crippen LogP contribution in [0.2, 0.25) is 0 Å². The fraction of sp³-hybridized carbons (Fsp3) is 0.478. The minimum absolute atomic E-state index is 0.0425. The van der Waals surface area contributed by atoms with Crippen LogP contribution < -0.4 is 10.6 Å². The first-order chi connectivity index (χ1) is 15.8. The largest absolute Gasteiger partial charge is 0.508 e. The molecule has 33 heavy (non-hydrogen) atoms. The number of nitrogens with zero attached hydrogens (tertiary/aromatic N) is 2. The molecule has 0 fully saturated rings. The number of carbonyl (C=O) groups excluding carboxylic acids is 3. The lowest BCUT2D eigenvalue weighted by Gasteiger charge is -2.31. The van der Waals surface area contributed by atoms with Gasteiger partial charge >= 0.3 is 0 Å². The summed E-state index contributed by atoms with van der Waals surface area (Å²) in [5.74, 6) is -0.518. The normalized spacial score (nSPS) is 11.8. The molecule has 0 aliphatic heterocycles. The number of aromatic nitrogens is 1. The maximum absolute atomic E-state index is 13.2. The highest BCUT2D eigenvalue weighted by Crippen LogP contribution is 2.25. The Bertz CT molecular complexity index is 887. The Morgan fingerprint density at radius 1 is 1.18 bits per heavy atom. The number of amides is 3. The first-order valence-electron chi connectivity index (χ1n) is 10.9. The molecule has 0 saturated carbocycles. The van der Waals surface area contributed by atoms with Gasteiger partial charge in [-0.15, -0.1) is 11.3 Å². The van der Waals surface area contributed by atoms with E-state index in [4.69, 9.17) is 4.74 Å². The second kappa shape index (κ2) is 13.5. The first-order valence-corrected chi connectivity index (χ1v) is 11.7. The number of benzene rings is 1. The third-order valence-electron chi connectivity index (χ3n) is 4.89. The van der Waals surface area contributed by atoms with Gasteiger partial charge in [0.25, 0.3) is 0 Å². The first kappa shape index (κ1) is 26.3. The van der Waals surface area contributed by atoms with Crippen molar-refractivity contribution < 1.29 is 24.2 Å². The van der Waals surface area contributed by atoms with Gasteiger partial charge in [0.1, 0.15) is 11.8 Å². The van der Waals surface area contributed by atoms with Gasteiger partial charge in [-0.2, -0.15) is 0 Å². The molecule has 9 nitrogen and oxygen atoms in total. The Kier molecular flexibility index (Phi) is 10.8. The van der Waals surface area contributed by atoms with Gasteiger partial charge in [0.15, 0.2) is 5.13 Å². The molecule has 10 heteroatoms. The van der Waals surface area contributed by atoms with Gasteiger partial charge in [0.05, 0.1) is 6.61 Å². The van der Waals surface area contributed by atoms with Crippen LogP contribution in [0.4, 0.5) is 5.13 Å². The van der Waals surface area contributed by atoms with E-state index < -0.39 is 6.04 Å². The lowest BCUT2D eigenvalue weighted by Crippen LogP contribution is -2.45. The van der Waals surface area contributed by atoms with Crippen molar-refractivity contribution in [3.63, 3.8) is 0 Å². The van der Waals surface area contributed by atoms with E-state index in [0.717, 1.165) is 6.42 Å². The number of phenols is 1. The number of carbonyl (C=O) groups is 3. The summed E-state index contributed by atoms with van der Waals surface area (Å²) in [6, 6.07) is 5.27. The molecule has 1 heterocycles. The van der Waals surface area contributed by atoms with Crippen LogP contribution in [0.3, 0.4) is 0 Å². The molecule has 0 aliphatic rings. The molecule has 0 radical (unpaired) electrons. The van der Waals surface area contributed by atoms with Gasteiger partial charge < -0.3 is 25.4 Å². The fourth-order valence-corrected chi connectivity index (χ4v) is 3.67. The maximum atomic E-state index is 13.2. The monoisotopic (exact) mass is 476 g/mol. The number of nitrogens with one attached hydrogen (secondary N) is 2. The minimum atomic E-state index is -0.914. The summed E-state index contributed by atoms with van der Waals surface area (Å²) in [4.78, 5) is 44.0. The van der Waals surface area contributed by atoms with E-state index in [9.17, 15) is 19.5 Å². The van der Waals surface area contributed by atoms with Crippen molar-refractivity contribution in [2.24, 2.45) is 5.92 Å². The molecule has 0 bridgehead atoms. The van der Waals surface area contributed by atoms with Crippen LogP contribution >= 0.6 is 11.3 Å². The van der Waals surface area contributed by atoms with Crippen LogP contribution in [0.5, 0.6) is 5.75 Å². The standard InChI is InChI=1S/C23H32N4O5S/c1-16(2)10-11-24-22(31)21(17-4-6-18(28)7-5-17)27(13-14-32-3)20(30)9-8-19(29)26-23-25-12-15-33-23/h4-7,12,15-16,21,28H,8-11,13-14H2,1-3H3,(H,24,31)(H,25,26,29). The lowest BCUT2D eigenvalue weighted by molar-refractivity contribution is -0.142. The highest BCUT2D eigenvalue weighted by Gasteiger charge is 2.31. The SMILES string of the molecule is COCCN(C(=O)CCC(=O)Nc1nccs1)C(C(=O)NCCC(C)C)c1ccc(O)cc1. The number of thiazole rings is 1. The molecule has 1 aromatic heterocycles. The van der Waals surface area contributed by atoms with E-state index in [2.05, 4.69) is 29.5 Å². The average molecular weight is 477 g/mol. The summed E-state index contributed by atoms with van der Waals surface area (Å²) in [6.07, 6.45) is 2.27. The summed E-state index contributed by atoms with van der Waals surface area (Å²) in [5, 5.41) is 17.4. The van der Waals surface area contributed by atoms with Crippen molar-refractivity contribution in [2.75, 3.05) is 32.1 Å². The van der Waals surface area contributed by atoms with Crippen LogP contribution in [0.15, 0.2) is 35.8 Å². The predicted octanol–water partition coefficient (Wildman–Crippen LogP) is 2.95. The summed E-state index contributed by atoms with van der Waals surface area (Å²) < 4.78 is 5.16. The number of anilines is 1. The summed E-state index contributed by atoms with van der Waals surface area (Å²) >= 11 is 1.29. The second-order valence-electron chi connectivity index (χ2n) is 7.93. The molecular weight excluding hydrogens is 444 g/mol. The average Bonchev–Trinajstić information content (AvgIpc) is 3.28. The van der Waals surface area contributed by atoms with E-state index in [1.807, 2.05) is 0 Å². The Labute approximate surface area is 198 Å². The molecule has 0 saturated heterocycles. The van der Waals surface area contributed by atoms with Crippen molar-refractivity contribution in [3.05, 3.63) is 41.4 Å². The summed E-state index contributed by atoms with van der Waals surface area (Å²) in [6.45, 7) is 5.01. The molecule has 180 valence electrons. The van der Waals surface area contributed by atoms with Crippen LogP contribution in [0, 0.1) is 5.92 Å². The minimum Gasteiger partial charge on any atom is -0.508 e. The molecule has 3 N–H and O–H groups in total. The molecular formula is C23H32N4O5S. The maximum Gasteiger partial charge on any atom is 0.247 e. The number of hydrogen-bond acceptors (Lipinski definition) is 7. The Hall–Kier alpha value is -2.98. The van der Waals surface area contributed by atoms with E-state index in [0.29, 0.717) is 23.2 Å². The quantitative estimate of drug-likeness (QED) is 0.409. The van der Waals surface area contributed by atoms with E-state index in [1.165, 1.54) is 35.5 Å². The van der Waals surface area contributed by atoms with E-state index in [-0.39, 0.29) is 49.5 Å². The van der Waals surface area contributed by atoms with Crippen LogP contribution in [0.1, 0.15) is 44.7 Å². The van der Waals surface area contributed by atoms with Gasteiger partial charge in [-0.05, 0) is 30.0 Å². The second-order valence-corrected chi connectivity index (χ2v) is 8.83. The molecule has 3 amide bonds. The Balaban J connectivity index is 2.18. The van der Waals surface area contributed by atoms with Gasteiger partial charge in [0.2, 0.25) is 17.7 Å². The third-order valence-corrected chi connectivity index (χ3v) is 5.58. The highest BCUT2D eigenvalue weighted by molar-refractivity contribution is 7.13. The zero-order chi connectivity index (χ0) is 24.2.